The van der Waals surface area contributed by atoms with Crippen molar-refractivity contribution in [1.29, 1.82) is 0 Å². The van der Waals surface area contributed by atoms with Crippen LogP contribution >= 0.6 is 0 Å². The lowest BCUT2D eigenvalue weighted by Crippen LogP contribution is -2.49. The van der Waals surface area contributed by atoms with Gasteiger partial charge in [0.05, 0.1) is 16.8 Å². The highest BCUT2D eigenvalue weighted by atomic mass is 16.2. The number of fused-ring (bicyclic) bond motifs is 1. The van der Waals surface area contributed by atoms with E-state index in [-0.39, 0.29) is 11.8 Å². The topological polar surface area (TPSA) is 75.1 Å². The molecule has 0 radical (unpaired) electrons. The summed E-state index contributed by atoms with van der Waals surface area (Å²) in [4.78, 5) is 36.1. The molecule has 7 heteroatoms. The molecule has 0 bridgehead atoms. The van der Waals surface area contributed by atoms with E-state index in [1.807, 2.05) is 60.4 Å². The predicted octanol–water partition coefficient (Wildman–Crippen LogP) is 4.48. The van der Waals surface area contributed by atoms with Crippen LogP contribution in [0.1, 0.15) is 41.6 Å². The number of amides is 1. The maximum absolute atomic E-state index is 13.7. The number of hydrogen-bond acceptors (Lipinski definition) is 6. The summed E-state index contributed by atoms with van der Waals surface area (Å²) >= 11 is 0. The second-order valence-corrected chi connectivity index (χ2v) is 8.97. The van der Waals surface area contributed by atoms with Gasteiger partial charge in [0, 0.05) is 67.2 Å². The number of aryl methyl sites for hydroxylation is 1. The highest BCUT2D eigenvalue weighted by Gasteiger charge is 2.25. The van der Waals surface area contributed by atoms with Crippen LogP contribution in [0.2, 0.25) is 0 Å². The van der Waals surface area contributed by atoms with Gasteiger partial charge >= 0.3 is 0 Å². The van der Waals surface area contributed by atoms with Gasteiger partial charge in [-0.1, -0.05) is 32.0 Å². The summed E-state index contributed by atoms with van der Waals surface area (Å²) in [6, 6.07) is 15.6. The number of nitrogens with zero attached hydrogens (tertiary/aromatic N) is 6. The predicted molar refractivity (Wildman–Crippen MR) is 134 cm³/mol. The Labute approximate surface area is 199 Å². The van der Waals surface area contributed by atoms with Crippen molar-refractivity contribution in [3.8, 4) is 11.3 Å². The summed E-state index contributed by atoms with van der Waals surface area (Å²) in [6.07, 6.45) is 3.49. The van der Waals surface area contributed by atoms with Crippen molar-refractivity contribution in [2.45, 2.75) is 26.7 Å². The number of benzene rings is 1. The van der Waals surface area contributed by atoms with Crippen LogP contribution in [0.15, 0.2) is 60.9 Å². The molecule has 0 unspecified atom stereocenters. The van der Waals surface area contributed by atoms with Gasteiger partial charge in [0.2, 0.25) is 0 Å². The zero-order valence-electron chi connectivity index (χ0n) is 19.8. The van der Waals surface area contributed by atoms with Gasteiger partial charge in [-0.2, -0.15) is 0 Å². The number of pyridine rings is 2. The van der Waals surface area contributed by atoms with Crippen LogP contribution in [0, 0.1) is 6.92 Å². The first kappa shape index (κ1) is 21.9. The van der Waals surface area contributed by atoms with Crippen LogP contribution in [0.4, 0.5) is 5.82 Å². The van der Waals surface area contributed by atoms with E-state index < -0.39 is 0 Å². The van der Waals surface area contributed by atoms with Crippen molar-refractivity contribution in [1.82, 2.24) is 24.8 Å². The molecule has 34 heavy (non-hydrogen) atoms. The number of para-hydroxylation sites is 1. The first-order valence-electron chi connectivity index (χ1n) is 11.7. The third kappa shape index (κ3) is 4.33. The van der Waals surface area contributed by atoms with Crippen LogP contribution in [0.25, 0.3) is 22.2 Å². The van der Waals surface area contributed by atoms with Gasteiger partial charge in [-0.3, -0.25) is 9.78 Å². The van der Waals surface area contributed by atoms with E-state index in [4.69, 9.17) is 9.97 Å². The molecular weight excluding hydrogens is 424 g/mol. The average molecular weight is 453 g/mol. The molecule has 1 aliphatic heterocycles. The Morgan fingerprint density at radius 2 is 1.65 bits per heavy atom. The molecule has 1 aromatic carbocycles. The summed E-state index contributed by atoms with van der Waals surface area (Å²) in [5.41, 5.74) is 4.20. The monoisotopic (exact) mass is 452 g/mol. The Bertz CT molecular complexity index is 1330. The first-order chi connectivity index (χ1) is 16.5. The molecular formula is C27H28N6O. The number of aromatic nitrogens is 4. The smallest absolute Gasteiger partial charge is 0.254 e. The van der Waals surface area contributed by atoms with Crippen LogP contribution in [0.3, 0.4) is 0 Å². The van der Waals surface area contributed by atoms with Crippen molar-refractivity contribution in [2.24, 2.45) is 0 Å². The number of rotatable bonds is 4. The summed E-state index contributed by atoms with van der Waals surface area (Å²) in [7, 11) is 0. The summed E-state index contributed by atoms with van der Waals surface area (Å²) < 4.78 is 0. The molecule has 1 aliphatic rings. The maximum Gasteiger partial charge on any atom is 0.254 e. The number of carbonyl (C=O) groups is 1. The van der Waals surface area contributed by atoms with Crippen molar-refractivity contribution in [3.05, 3.63) is 78.0 Å². The maximum atomic E-state index is 13.7. The molecule has 7 nitrogen and oxygen atoms in total. The standard InChI is InChI=1S/C27H28N6O/c1-18(2)26-29-19(3)16-25(31-26)32-12-14-33(15-13-32)27(34)22-17-24(20-8-10-28-11-9-20)30-23-7-5-4-6-21(22)23/h4-11,16-18H,12-15H2,1-3H3. The van der Waals surface area contributed by atoms with Crippen LogP contribution in [-0.2, 0) is 0 Å². The van der Waals surface area contributed by atoms with Crippen LogP contribution < -0.4 is 4.90 Å². The summed E-state index contributed by atoms with van der Waals surface area (Å²) in [6.45, 7) is 8.97. The molecule has 0 aliphatic carbocycles. The van der Waals surface area contributed by atoms with Gasteiger partial charge in [-0.05, 0) is 31.2 Å². The molecule has 0 spiro atoms. The van der Waals surface area contributed by atoms with E-state index in [2.05, 4.69) is 28.7 Å². The highest BCUT2D eigenvalue weighted by molar-refractivity contribution is 6.07. The lowest BCUT2D eigenvalue weighted by atomic mass is 10.0. The van der Waals surface area contributed by atoms with Gasteiger partial charge in [-0.15, -0.1) is 0 Å². The minimum Gasteiger partial charge on any atom is -0.353 e. The highest BCUT2D eigenvalue weighted by Crippen LogP contribution is 2.26. The number of carbonyl (C=O) groups excluding carboxylic acids is 1. The Kier molecular flexibility index (Phi) is 5.92. The molecule has 3 aromatic heterocycles. The molecule has 1 saturated heterocycles. The van der Waals surface area contributed by atoms with E-state index >= 15 is 0 Å². The normalized spacial score (nSPS) is 14.1. The second kappa shape index (κ2) is 9.17. The zero-order valence-corrected chi connectivity index (χ0v) is 19.8. The molecule has 4 aromatic rings. The molecule has 5 rings (SSSR count). The second-order valence-electron chi connectivity index (χ2n) is 8.97. The minimum absolute atomic E-state index is 0.0373. The zero-order chi connectivity index (χ0) is 23.7. The van der Waals surface area contributed by atoms with Gasteiger partial charge in [-0.25, -0.2) is 15.0 Å². The van der Waals surface area contributed by atoms with Crippen molar-refractivity contribution in [2.75, 3.05) is 31.1 Å². The van der Waals surface area contributed by atoms with E-state index in [0.29, 0.717) is 18.7 Å². The fraction of sp³-hybridized carbons (Fsp3) is 0.296. The van der Waals surface area contributed by atoms with Crippen LogP contribution in [0.5, 0.6) is 0 Å². The molecule has 0 atom stereocenters. The molecule has 1 amide bonds. The van der Waals surface area contributed by atoms with Gasteiger partial charge in [0.15, 0.2) is 0 Å². The first-order valence-corrected chi connectivity index (χ1v) is 11.7. The Balaban J connectivity index is 1.40. The average Bonchev–Trinajstić information content (AvgIpc) is 2.88. The van der Waals surface area contributed by atoms with Crippen molar-refractivity contribution in [3.63, 3.8) is 0 Å². The molecule has 0 saturated carbocycles. The number of piperazine rings is 1. The van der Waals surface area contributed by atoms with E-state index in [1.165, 1.54) is 0 Å². The van der Waals surface area contributed by atoms with E-state index in [9.17, 15) is 4.79 Å². The molecule has 0 N–H and O–H groups in total. The SMILES string of the molecule is Cc1cc(N2CCN(C(=O)c3cc(-c4ccncc4)nc4ccccc34)CC2)nc(C(C)C)n1. The number of hydrogen-bond donors (Lipinski definition) is 0. The lowest BCUT2D eigenvalue weighted by molar-refractivity contribution is 0.0748. The largest absolute Gasteiger partial charge is 0.353 e. The van der Waals surface area contributed by atoms with Crippen molar-refractivity contribution >= 4 is 22.6 Å². The van der Waals surface area contributed by atoms with E-state index in [0.717, 1.165) is 52.6 Å². The van der Waals surface area contributed by atoms with E-state index in [1.54, 1.807) is 12.4 Å². The fourth-order valence-corrected chi connectivity index (χ4v) is 4.33. The Morgan fingerprint density at radius 1 is 0.912 bits per heavy atom. The summed E-state index contributed by atoms with van der Waals surface area (Å²) in [5.74, 6) is 2.12. The Hall–Kier alpha value is -3.87. The third-order valence-electron chi connectivity index (χ3n) is 6.19. The third-order valence-corrected chi connectivity index (χ3v) is 6.19. The molecule has 172 valence electrons. The van der Waals surface area contributed by atoms with Gasteiger partial charge in [0.25, 0.3) is 5.91 Å². The fourth-order valence-electron chi connectivity index (χ4n) is 4.33. The number of anilines is 1. The van der Waals surface area contributed by atoms with Gasteiger partial charge in [0.1, 0.15) is 11.6 Å². The Morgan fingerprint density at radius 3 is 2.38 bits per heavy atom. The molecule has 1 fully saturated rings. The molecule has 4 heterocycles. The lowest BCUT2D eigenvalue weighted by Gasteiger charge is -2.36. The van der Waals surface area contributed by atoms with Crippen LogP contribution in [-0.4, -0.2) is 56.9 Å². The summed E-state index contributed by atoms with van der Waals surface area (Å²) in [5, 5.41) is 0.876. The minimum atomic E-state index is 0.0373. The van der Waals surface area contributed by atoms with Gasteiger partial charge < -0.3 is 9.80 Å². The quantitative estimate of drug-likeness (QED) is 0.454. The van der Waals surface area contributed by atoms with Crippen molar-refractivity contribution < 1.29 is 4.79 Å².